The molecule has 6 nitrogen and oxygen atoms in total. The lowest BCUT2D eigenvalue weighted by Gasteiger charge is -2.42. The number of amides is 1. The number of rotatable bonds is 3. The van der Waals surface area contributed by atoms with Crippen LogP contribution in [0.15, 0.2) is 29.1 Å². The number of anilines is 1. The van der Waals surface area contributed by atoms with Crippen molar-refractivity contribution < 1.29 is 13.9 Å². The van der Waals surface area contributed by atoms with Crippen LogP contribution < -0.4 is 4.90 Å². The number of carbonyl (C=O) groups is 1. The maximum Gasteiger partial charge on any atom is 0.257 e. The standard InChI is InChI=1S/C25H29N3O3/c1-16-13-27(7-8-28(16)24(29)18-6-9-30-14-18)23-10-19(17-4-5-17)22-15-31-25(2,3)11-20(22)21(23)12-26/h6,9-10,14,16-17H,4-5,7-8,11,13,15H2,1-3H3. The number of carbonyl (C=O) groups excluding carboxylic acids is 1. The van der Waals surface area contributed by atoms with E-state index in [1.807, 2.05) is 4.90 Å². The van der Waals surface area contributed by atoms with Crippen molar-refractivity contribution >= 4 is 11.6 Å². The third kappa shape index (κ3) is 3.61. The molecule has 3 heterocycles. The molecule has 1 aliphatic carbocycles. The van der Waals surface area contributed by atoms with Crippen molar-refractivity contribution in [3.63, 3.8) is 0 Å². The summed E-state index contributed by atoms with van der Waals surface area (Å²) < 4.78 is 11.2. The lowest BCUT2D eigenvalue weighted by molar-refractivity contribution is -0.0405. The van der Waals surface area contributed by atoms with E-state index in [0.29, 0.717) is 37.7 Å². The first-order chi connectivity index (χ1) is 14.9. The maximum atomic E-state index is 12.8. The molecule has 3 aliphatic rings. The number of ether oxygens (including phenoxy) is 1. The summed E-state index contributed by atoms with van der Waals surface area (Å²) in [4.78, 5) is 17.0. The Hall–Kier alpha value is -2.78. The quantitative estimate of drug-likeness (QED) is 0.745. The molecule has 6 heteroatoms. The normalized spacial score (nSPS) is 22.7. The molecule has 1 amide bonds. The largest absolute Gasteiger partial charge is 0.472 e. The van der Waals surface area contributed by atoms with E-state index in [-0.39, 0.29) is 17.6 Å². The van der Waals surface area contributed by atoms with Gasteiger partial charge in [0, 0.05) is 32.1 Å². The van der Waals surface area contributed by atoms with E-state index in [0.717, 1.165) is 17.7 Å². The lowest BCUT2D eigenvalue weighted by Crippen LogP contribution is -2.54. The fraction of sp³-hybridized carbons (Fsp3) is 0.520. The molecule has 0 bridgehead atoms. The van der Waals surface area contributed by atoms with Crippen molar-refractivity contribution in [2.24, 2.45) is 0 Å². The summed E-state index contributed by atoms with van der Waals surface area (Å²) in [7, 11) is 0. The molecule has 2 fully saturated rings. The molecule has 2 aliphatic heterocycles. The van der Waals surface area contributed by atoms with Crippen LogP contribution in [0.25, 0.3) is 0 Å². The molecule has 31 heavy (non-hydrogen) atoms. The van der Waals surface area contributed by atoms with Gasteiger partial charge in [0.15, 0.2) is 0 Å². The summed E-state index contributed by atoms with van der Waals surface area (Å²) in [5.74, 6) is 0.593. The second kappa shape index (κ2) is 7.42. The Labute approximate surface area is 183 Å². The highest BCUT2D eigenvalue weighted by molar-refractivity contribution is 5.94. The van der Waals surface area contributed by atoms with E-state index in [4.69, 9.17) is 9.15 Å². The second-order valence-corrected chi connectivity index (χ2v) is 9.73. The van der Waals surface area contributed by atoms with Crippen molar-refractivity contribution in [1.29, 1.82) is 5.26 Å². The number of nitrogens with zero attached hydrogens (tertiary/aromatic N) is 3. The minimum absolute atomic E-state index is 0.00409. The molecule has 1 unspecified atom stereocenters. The van der Waals surface area contributed by atoms with Crippen molar-refractivity contribution in [1.82, 2.24) is 4.90 Å². The van der Waals surface area contributed by atoms with E-state index < -0.39 is 0 Å². The average Bonchev–Trinajstić information content (AvgIpc) is 3.44. The second-order valence-electron chi connectivity index (χ2n) is 9.73. The summed E-state index contributed by atoms with van der Waals surface area (Å²) in [6.07, 6.45) is 6.22. The van der Waals surface area contributed by atoms with Crippen molar-refractivity contribution in [3.05, 3.63) is 52.5 Å². The minimum atomic E-state index is -0.263. The smallest absolute Gasteiger partial charge is 0.257 e. The highest BCUT2D eigenvalue weighted by Gasteiger charge is 2.37. The number of benzene rings is 1. The zero-order valence-corrected chi connectivity index (χ0v) is 18.5. The van der Waals surface area contributed by atoms with E-state index in [9.17, 15) is 10.1 Å². The Balaban J connectivity index is 1.47. The van der Waals surface area contributed by atoms with E-state index in [2.05, 4.69) is 37.8 Å². The van der Waals surface area contributed by atoms with Gasteiger partial charge in [-0.3, -0.25) is 4.79 Å². The Morgan fingerprint density at radius 3 is 2.71 bits per heavy atom. The third-order valence-corrected chi connectivity index (χ3v) is 6.90. The van der Waals surface area contributed by atoms with Crippen LogP contribution in [0.3, 0.4) is 0 Å². The predicted octanol–water partition coefficient (Wildman–Crippen LogP) is 4.23. The molecule has 2 aromatic rings. The molecular weight excluding hydrogens is 390 g/mol. The monoisotopic (exact) mass is 419 g/mol. The highest BCUT2D eigenvalue weighted by Crippen LogP contribution is 2.47. The number of hydrogen-bond donors (Lipinski definition) is 0. The van der Waals surface area contributed by atoms with Gasteiger partial charge in [0.2, 0.25) is 0 Å². The van der Waals surface area contributed by atoms with Crippen LogP contribution in [0.2, 0.25) is 0 Å². The number of fused-ring (bicyclic) bond motifs is 1. The number of furan rings is 1. The Kier molecular flexibility index (Phi) is 4.82. The Morgan fingerprint density at radius 1 is 1.26 bits per heavy atom. The van der Waals surface area contributed by atoms with E-state index >= 15 is 0 Å². The minimum Gasteiger partial charge on any atom is -0.472 e. The summed E-state index contributed by atoms with van der Waals surface area (Å²) in [6.45, 7) is 8.92. The van der Waals surface area contributed by atoms with Crippen molar-refractivity contribution in [2.45, 2.75) is 64.2 Å². The van der Waals surface area contributed by atoms with Gasteiger partial charge in [-0.1, -0.05) is 0 Å². The van der Waals surface area contributed by atoms with Gasteiger partial charge < -0.3 is 19.0 Å². The molecule has 0 N–H and O–H groups in total. The van der Waals surface area contributed by atoms with Gasteiger partial charge in [-0.15, -0.1) is 0 Å². The van der Waals surface area contributed by atoms with Crippen LogP contribution in [0.5, 0.6) is 0 Å². The zero-order chi connectivity index (χ0) is 21.8. The first-order valence-corrected chi connectivity index (χ1v) is 11.2. The fourth-order valence-corrected chi connectivity index (χ4v) is 5.06. The van der Waals surface area contributed by atoms with Crippen LogP contribution in [-0.4, -0.2) is 42.1 Å². The molecule has 1 aromatic heterocycles. The molecule has 0 spiro atoms. The number of hydrogen-bond acceptors (Lipinski definition) is 5. The number of piperazine rings is 1. The first kappa shape index (κ1) is 20.1. The van der Waals surface area contributed by atoms with Crippen LogP contribution in [0.1, 0.15) is 72.1 Å². The van der Waals surface area contributed by atoms with Gasteiger partial charge in [0.25, 0.3) is 5.91 Å². The van der Waals surface area contributed by atoms with Gasteiger partial charge in [0.1, 0.15) is 12.3 Å². The van der Waals surface area contributed by atoms with Gasteiger partial charge >= 0.3 is 0 Å². The third-order valence-electron chi connectivity index (χ3n) is 6.90. The van der Waals surface area contributed by atoms with E-state index in [1.54, 1.807) is 6.07 Å². The fourth-order valence-electron chi connectivity index (χ4n) is 5.06. The van der Waals surface area contributed by atoms with Crippen LogP contribution in [0, 0.1) is 11.3 Å². The Morgan fingerprint density at radius 2 is 2.06 bits per heavy atom. The summed E-state index contributed by atoms with van der Waals surface area (Å²) in [6, 6.07) is 6.53. The highest BCUT2D eigenvalue weighted by atomic mass is 16.5. The summed E-state index contributed by atoms with van der Waals surface area (Å²) >= 11 is 0. The topological polar surface area (TPSA) is 69.7 Å². The SMILES string of the molecule is CC1CN(c2cc(C3CC3)c3c(c2C#N)CC(C)(C)OC3)CCN1C(=O)c1ccoc1. The molecule has 1 aromatic carbocycles. The lowest BCUT2D eigenvalue weighted by atomic mass is 9.84. The van der Waals surface area contributed by atoms with Gasteiger partial charge in [-0.25, -0.2) is 0 Å². The number of nitriles is 1. The van der Waals surface area contributed by atoms with Gasteiger partial charge in [-0.2, -0.15) is 5.26 Å². The van der Waals surface area contributed by atoms with Gasteiger partial charge in [0.05, 0.1) is 35.3 Å². The summed E-state index contributed by atoms with van der Waals surface area (Å²) in [5.41, 5.74) is 5.92. The molecule has 0 radical (unpaired) electrons. The van der Waals surface area contributed by atoms with Crippen LogP contribution >= 0.6 is 0 Å². The zero-order valence-electron chi connectivity index (χ0n) is 18.5. The summed E-state index contributed by atoms with van der Waals surface area (Å²) in [5, 5.41) is 10.2. The van der Waals surface area contributed by atoms with Crippen molar-refractivity contribution in [2.75, 3.05) is 24.5 Å². The van der Waals surface area contributed by atoms with E-state index in [1.165, 1.54) is 42.1 Å². The molecule has 5 rings (SSSR count). The molecule has 1 saturated carbocycles. The Bertz CT molecular complexity index is 1050. The van der Waals surface area contributed by atoms with Crippen molar-refractivity contribution in [3.8, 4) is 6.07 Å². The van der Waals surface area contributed by atoms with Gasteiger partial charge in [-0.05, 0) is 68.4 Å². The average molecular weight is 420 g/mol. The molecule has 1 saturated heterocycles. The molecule has 1 atom stereocenters. The predicted molar refractivity (Wildman–Crippen MR) is 117 cm³/mol. The maximum absolute atomic E-state index is 12.8. The van der Waals surface area contributed by atoms with Crippen LogP contribution in [-0.2, 0) is 17.8 Å². The molecule has 162 valence electrons. The molecular formula is C25H29N3O3. The first-order valence-electron chi connectivity index (χ1n) is 11.2. The van der Waals surface area contributed by atoms with Crippen LogP contribution in [0.4, 0.5) is 5.69 Å².